The standard InChI is InChI=1S/C13H16O3/c1-15-12-8-3-2-5-11(12)9-16-13(14)10-6-4-7-10/h2-3,5,8,10H,4,6-7,9H2,1H3. The summed E-state index contributed by atoms with van der Waals surface area (Å²) < 4.78 is 10.4. The second kappa shape index (κ2) is 5.01. The lowest BCUT2D eigenvalue weighted by Gasteiger charge is -2.23. The third kappa shape index (κ3) is 2.35. The van der Waals surface area contributed by atoms with Gasteiger partial charge in [0, 0.05) is 5.56 Å². The molecule has 1 fully saturated rings. The number of carbonyl (C=O) groups is 1. The van der Waals surface area contributed by atoms with Crippen molar-refractivity contribution in [1.29, 1.82) is 0 Å². The summed E-state index contributed by atoms with van der Waals surface area (Å²) in [5, 5.41) is 0. The van der Waals surface area contributed by atoms with Crippen LogP contribution in [0.4, 0.5) is 0 Å². The van der Waals surface area contributed by atoms with Gasteiger partial charge in [-0.1, -0.05) is 24.6 Å². The molecule has 16 heavy (non-hydrogen) atoms. The van der Waals surface area contributed by atoms with Crippen LogP contribution >= 0.6 is 0 Å². The SMILES string of the molecule is COc1ccccc1COC(=O)C1CCC1. The number of methoxy groups -OCH3 is 1. The van der Waals surface area contributed by atoms with Crippen LogP contribution in [0.3, 0.4) is 0 Å². The molecule has 0 N–H and O–H groups in total. The number of hydrogen-bond donors (Lipinski definition) is 0. The third-order valence-corrected chi connectivity index (χ3v) is 3.00. The first kappa shape index (κ1) is 11.0. The summed E-state index contributed by atoms with van der Waals surface area (Å²) in [7, 11) is 1.62. The van der Waals surface area contributed by atoms with Crippen LogP contribution in [-0.4, -0.2) is 13.1 Å². The first-order valence-electron chi connectivity index (χ1n) is 5.60. The van der Waals surface area contributed by atoms with E-state index in [1.54, 1.807) is 7.11 Å². The number of hydrogen-bond acceptors (Lipinski definition) is 3. The lowest BCUT2D eigenvalue weighted by atomic mass is 9.86. The number of carbonyl (C=O) groups excluding carboxylic acids is 1. The van der Waals surface area contributed by atoms with Gasteiger partial charge in [-0.2, -0.15) is 0 Å². The van der Waals surface area contributed by atoms with Gasteiger partial charge in [0.25, 0.3) is 0 Å². The van der Waals surface area contributed by atoms with Gasteiger partial charge in [-0.05, 0) is 18.9 Å². The number of esters is 1. The summed E-state index contributed by atoms with van der Waals surface area (Å²) in [4.78, 5) is 11.5. The van der Waals surface area contributed by atoms with Crippen molar-refractivity contribution < 1.29 is 14.3 Å². The topological polar surface area (TPSA) is 35.5 Å². The Morgan fingerprint density at radius 1 is 1.38 bits per heavy atom. The Bertz CT molecular complexity index is 369. The quantitative estimate of drug-likeness (QED) is 0.731. The average molecular weight is 220 g/mol. The van der Waals surface area contributed by atoms with Crippen molar-refractivity contribution in [3.05, 3.63) is 29.8 Å². The van der Waals surface area contributed by atoms with E-state index >= 15 is 0 Å². The molecule has 3 nitrogen and oxygen atoms in total. The third-order valence-electron chi connectivity index (χ3n) is 3.00. The van der Waals surface area contributed by atoms with Crippen LogP contribution < -0.4 is 4.74 Å². The Hall–Kier alpha value is -1.51. The van der Waals surface area contributed by atoms with E-state index in [0.29, 0.717) is 6.61 Å². The van der Waals surface area contributed by atoms with Crippen molar-refractivity contribution in [3.8, 4) is 5.75 Å². The molecule has 0 atom stereocenters. The molecular weight excluding hydrogens is 204 g/mol. The van der Waals surface area contributed by atoms with E-state index in [9.17, 15) is 4.79 Å². The second-order valence-corrected chi connectivity index (χ2v) is 4.05. The van der Waals surface area contributed by atoms with E-state index in [0.717, 1.165) is 30.6 Å². The van der Waals surface area contributed by atoms with Crippen molar-refractivity contribution in [2.45, 2.75) is 25.9 Å². The second-order valence-electron chi connectivity index (χ2n) is 4.05. The number of para-hydroxylation sites is 1. The van der Waals surface area contributed by atoms with Crippen molar-refractivity contribution in [2.24, 2.45) is 5.92 Å². The van der Waals surface area contributed by atoms with Crippen LogP contribution in [-0.2, 0) is 16.1 Å². The minimum Gasteiger partial charge on any atom is -0.496 e. The molecule has 0 bridgehead atoms. The highest BCUT2D eigenvalue weighted by Crippen LogP contribution is 2.28. The van der Waals surface area contributed by atoms with Gasteiger partial charge in [-0.15, -0.1) is 0 Å². The molecule has 0 amide bonds. The molecular formula is C13H16O3. The van der Waals surface area contributed by atoms with Gasteiger partial charge in [0.15, 0.2) is 0 Å². The molecule has 0 spiro atoms. The van der Waals surface area contributed by atoms with Gasteiger partial charge in [0.1, 0.15) is 12.4 Å². The van der Waals surface area contributed by atoms with Gasteiger partial charge < -0.3 is 9.47 Å². The van der Waals surface area contributed by atoms with Crippen LogP contribution in [0.2, 0.25) is 0 Å². The summed E-state index contributed by atoms with van der Waals surface area (Å²) in [6, 6.07) is 7.59. The summed E-state index contributed by atoms with van der Waals surface area (Å²) in [5.74, 6) is 0.829. The highest BCUT2D eigenvalue weighted by molar-refractivity contribution is 5.73. The Labute approximate surface area is 95.4 Å². The smallest absolute Gasteiger partial charge is 0.309 e. The molecule has 86 valence electrons. The summed E-state index contributed by atoms with van der Waals surface area (Å²) in [6.07, 6.45) is 3.10. The zero-order valence-corrected chi connectivity index (χ0v) is 9.44. The summed E-state index contributed by atoms with van der Waals surface area (Å²) in [5.41, 5.74) is 0.915. The van der Waals surface area contributed by atoms with Crippen LogP contribution in [0.25, 0.3) is 0 Å². The first-order chi connectivity index (χ1) is 7.81. The van der Waals surface area contributed by atoms with Gasteiger partial charge >= 0.3 is 5.97 Å². The molecule has 2 rings (SSSR count). The summed E-state index contributed by atoms with van der Waals surface area (Å²) >= 11 is 0. The van der Waals surface area contributed by atoms with Gasteiger partial charge in [0.2, 0.25) is 0 Å². The molecule has 0 aromatic heterocycles. The number of ether oxygens (including phenoxy) is 2. The Balaban J connectivity index is 1.90. The Morgan fingerprint density at radius 3 is 2.75 bits per heavy atom. The first-order valence-corrected chi connectivity index (χ1v) is 5.60. The van der Waals surface area contributed by atoms with Crippen molar-refractivity contribution in [3.63, 3.8) is 0 Å². The maximum atomic E-state index is 11.5. The molecule has 1 aromatic carbocycles. The predicted octanol–water partition coefficient (Wildman–Crippen LogP) is 2.54. The van der Waals surface area contributed by atoms with Gasteiger partial charge in [0.05, 0.1) is 13.0 Å². The highest BCUT2D eigenvalue weighted by atomic mass is 16.5. The maximum Gasteiger partial charge on any atom is 0.309 e. The van der Waals surface area contributed by atoms with Crippen molar-refractivity contribution in [2.75, 3.05) is 7.11 Å². The molecule has 0 aliphatic heterocycles. The molecule has 0 unspecified atom stereocenters. The number of benzene rings is 1. The van der Waals surface area contributed by atoms with Crippen LogP contribution in [0, 0.1) is 5.92 Å². The predicted molar refractivity (Wildman–Crippen MR) is 60.1 cm³/mol. The monoisotopic (exact) mass is 220 g/mol. The van der Waals surface area contributed by atoms with E-state index in [2.05, 4.69) is 0 Å². The maximum absolute atomic E-state index is 11.5. The van der Waals surface area contributed by atoms with Crippen LogP contribution in [0.15, 0.2) is 24.3 Å². The van der Waals surface area contributed by atoms with Gasteiger partial charge in [-0.25, -0.2) is 0 Å². The molecule has 1 saturated carbocycles. The molecule has 1 aromatic rings. The minimum atomic E-state index is -0.0721. The fraction of sp³-hybridized carbons (Fsp3) is 0.462. The largest absolute Gasteiger partial charge is 0.496 e. The summed E-state index contributed by atoms with van der Waals surface area (Å²) in [6.45, 7) is 0.305. The van der Waals surface area contributed by atoms with E-state index in [-0.39, 0.29) is 11.9 Å². The highest BCUT2D eigenvalue weighted by Gasteiger charge is 2.26. The lowest BCUT2D eigenvalue weighted by molar-refractivity contribution is -0.152. The molecule has 0 radical (unpaired) electrons. The molecule has 3 heteroatoms. The Kier molecular flexibility index (Phi) is 3.44. The van der Waals surface area contributed by atoms with E-state index in [4.69, 9.17) is 9.47 Å². The molecule has 0 heterocycles. The normalized spacial score (nSPS) is 15.3. The van der Waals surface area contributed by atoms with Crippen molar-refractivity contribution in [1.82, 2.24) is 0 Å². The average Bonchev–Trinajstić information content (AvgIpc) is 2.24. The fourth-order valence-electron chi connectivity index (χ4n) is 1.73. The van der Waals surface area contributed by atoms with Gasteiger partial charge in [-0.3, -0.25) is 4.79 Å². The fourth-order valence-corrected chi connectivity index (χ4v) is 1.73. The van der Waals surface area contributed by atoms with E-state index < -0.39 is 0 Å². The molecule has 0 saturated heterocycles. The molecule has 1 aliphatic carbocycles. The number of rotatable bonds is 4. The van der Waals surface area contributed by atoms with Crippen LogP contribution in [0.5, 0.6) is 5.75 Å². The minimum absolute atomic E-state index is 0.0721. The van der Waals surface area contributed by atoms with E-state index in [1.165, 1.54) is 0 Å². The molecule has 1 aliphatic rings. The van der Waals surface area contributed by atoms with E-state index in [1.807, 2.05) is 24.3 Å². The van der Waals surface area contributed by atoms with Crippen LogP contribution in [0.1, 0.15) is 24.8 Å². The zero-order chi connectivity index (χ0) is 11.4. The van der Waals surface area contributed by atoms with Crippen molar-refractivity contribution >= 4 is 5.97 Å². The Morgan fingerprint density at radius 2 is 2.12 bits per heavy atom. The zero-order valence-electron chi connectivity index (χ0n) is 9.44. The lowest BCUT2D eigenvalue weighted by Crippen LogP contribution is -2.24.